The fraction of sp³-hybridized carbons (Fsp3) is 0.105. The molecule has 128 valence electrons. The predicted molar refractivity (Wildman–Crippen MR) is 97.2 cm³/mol. The first kappa shape index (κ1) is 17.0. The summed E-state index contributed by atoms with van der Waals surface area (Å²) in [6, 6.07) is 11.0. The van der Waals surface area contributed by atoms with E-state index in [-0.39, 0.29) is 5.91 Å². The summed E-state index contributed by atoms with van der Waals surface area (Å²) in [5, 5.41) is 15.2. The van der Waals surface area contributed by atoms with Gasteiger partial charge >= 0.3 is 0 Å². The van der Waals surface area contributed by atoms with E-state index in [1.807, 2.05) is 12.1 Å². The molecule has 3 aromatic heterocycles. The number of nitrogens with one attached hydrogen (secondary N) is 2. The minimum absolute atomic E-state index is 0.193. The normalized spacial score (nSPS) is 9.96. The highest BCUT2D eigenvalue weighted by Gasteiger charge is 2.07. The van der Waals surface area contributed by atoms with Crippen LogP contribution in [0.1, 0.15) is 15.9 Å². The van der Waals surface area contributed by atoms with Crippen LogP contribution in [0.4, 0.5) is 5.82 Å². The largest absolute Gasteiger partial charge is 0.367 e. The second-order valence-corrected chi connectivity index (χ2v) is 5.39. The Balaban J connectivity index is 1.58. The number of hydrogen-bond donors (Lipinski definition) is 2. The standard InChI is InChI=1S/C19H16N6O/c20-11-16-10-17(14-3-6-21-7-4-14)13-25-18(16)23-8-9-24-19(26)15-2-1-5-22-12-15/h1-7,10,12-13H,8-9H2,(H,23,25)(H,24,26). The number of nitriles is 1. The van der Waals surface area contributed by atoms with Crippen LogP contribution in [0.15, 0.2) is 61.3 Å². The van der Waals surface area contributed by atoms with Crippen molar-refractivity contribution < 1.29 is 4.79 Å². The lowest BCUT2D eigenvalue weighted by Gasteiger charge is -2.10. The van der Waals surface area contributed by atoms with Crippen LogP contribution in [-0.2, 0) is 0 Å². The Labute approximate surface area is 150 Å². The van der Waals surface area contributed by atoms with Crippen molar-refractivity contribution in [1.82, 2.24) is 20.3 Å². The molecule has 7 heteroatoms. The fourth-order valence-corrected chi connectivity index (χ4v) is 2.35. The summed E-state index contributed by atoms with van der Waals surface area (Å²) in [6.45, 7) is 0.842. The van der Waals surface area contributed by atoms with Crippen molar-refractivity contribution in [3.8, 4) is 17.2 Å². The third-order valence-electron chi connectivity index (χ3n) is 3.65. The third-order valence-corrected chi connectivity index (χ3v) is 3.65. The molecule has 0 aliphatic carbocycles. The van der Waals surface area contributed by atoms with Crippen molar-refractivity contribution in [2.75, 3.05) is 18.4 Å². The lowest BCUT2D eigenvalue weighted by atomic mass is 10.1. The smallest absolute Gasteiger partial charge is 0.252 e. The fourth-order valence-electron chi connectivity index (χ4n) is 2.35. The van der Waals surface area contributed by atoms with Gasteiger partial charge in [0.25, 0.3) is 5.91 Å². The molecule has 7 nitrogen and oxygen atoms in total. The Morgan fingerprint density at radius 1 is 1.04 bits per heavy atom. The molecule has 0 spiro atoms. The molecule has 3 rings (SSSR count). The number of carbonyl (C=O) groups is 1. The minimum Gasteiger partial charge on any atom is -0.367 e. The highest BCUT2D eigenvalue weighted by molar-refractivity contribution is 5.93. The van der Waals surface area contributed by atoms with E-state index >= 15 is 0 Å². The van der Waals surface area contributed by atoms with Gasteiger partial charge in [-0.05, 0) is 35.9 Å². The van der Waals surface area contributed by atoms with Crippen molar-refractivity contribution in [2.24, 2.45) is 0 Å². The number of aromatic nitrogens is 3. The molecule has 0 unspecified atom stereocenters. The van der Waals surface area contributed by atoms with Gasteiger partial charge < -0.3 is 10.6 Å². The van der Waals surface area contributed by atoms with Crippen molar-refractivity contribution >= 4 is 11.7 Å². The minimum atomic E-state index is -0.193. The lowest BCUT2D eigenvalue weighted by Crippen LogP contribution is -2.29. The van der Waals surface area contributed by atoms with Gasteiger partial charge in [0.15, 0.2) is 0 Å². The van der Waals surface area contributed by atoms with Crippen LogP contribution in [0, 0.1) is 11.3 Å². The van der Waals surface area contributed by atoms with Gasteiger partial charge in [-0.2, -0.15) is 5.26 Å². The van der Waals surface area contributed by atoms with Crippen LogP contribution in [-0.4, -0.2) is 33.9 Å². The molecule has 3 aromatic rings. The Morgan fingerprint density at radius 2 is 1.88 bits per heavy atom. The maximum absolute atomic E-state index is 11.9. The van der Waals surface area contributed by atoms with Crippen LogP contribution in [0.25, 0.3) is 11.1 Å². The molecule has 26 heavy (non-hydrogen) atoms. The zero-order chi connectivity index (χ0) is 18.2. The van der Waals surface area contributed by atoms with Gasteiger partial charge in [0.1, 0.15) is 11.9 Å². The summed E-state index contributed by atoms with van der Waals surface area (Å²) in [7, 11) is 0. The first-order valence-corrected chi connectivity index (χ1v) is 8.00. The van der Waals surface area contributed by atoms with Gasteiger partial charge in [0, 0.05) is 49.6 Å². The van der Waals surface area contributed by atoms with E-state index in [9.17, 15) is 10.1 Å². The summed E-state index contributed by atoms with van der Waals surface area (Å²) in [6.07, 6.45) is 8.21. The second kappa shape index (κ2) is 8.35. The van der Waals surface area contributed by atoms with E-state index in [4.69, 9.17) is 0 Å². The highest BCUT2D eigenvalue weighted by atomic mass is 16.1. The van der Waals surface area contributed by atoms with E-state index in [1.165, 1.54) is 6.20 Å². The second-order valence-electron chi connectivity index (χ2n) is 5.39. The number of nitrogens with zero attached hydrogens (tertiary/aromatic N) is 4. The summed E-state index contributed by atoms with van der Waals surface area (Å²) < 4.78 is 0. The first-order valence-electron chi connectivity index (χ1n) is 8.00. The highest BCUT2D eigenvalue weighted by Crippen LogP contribution is 2.21. The van der Waals surface area contributed by atoms with Crippen molar-refractivity contribution in [3.63, 3.8) is 0 Å². The molecule has 2 N–H and O–H groups in total. The number of pyridine rings is 3. The van der Waals surface area contributed by atoms with E-state index < -0.39 is 0 Å². The maximum atomic E-state index is 11.9. The molecule has 0 radical (unpaired) electrons. The van der Waals surface area contributed by atoms with Crippen molar-refractivity contribution in [2.45, 2.75) is 0 Å². The Kier molecular flexibility index (Phi) is 5.47. The molecule has 0 aliphatic heterocycles. The van der Waals surface area contributed by atoms with Crippen LogP contribution >= 0.6 is 0 Å². The Hall–Kier alpha value is -3.79. The number of hydrogen-bond acceptors (Lipinski definition) is 6. The predicted octanol–water partition coefficient (Wildman–Crippen LogP) is 2.25. The number of amides is 1. The van der Waals surface area contributed by atoms with Crippen molar-refractivity contribution in [3.05, 3.63) is 72.4 Å². The molecule has 0 bridgehead atoms. The number of rotatable bonds is 6. The number of anilines is 1. The lowest BCUT2D eigenvalue weighted by molar-refractivity contribution is 0.0955. The molecule has 0 saturated heterocycles. The van der Waals surface area contributed by atoms with Crippen molar-refractivity contribution in [1.29, 1.82) is 5.26 Å². The average Bonchev–Trinajstić information content (AvgIpc) is 2.72. The van der Waals surface area contributed by atoms with Gasteiger partial charge in [-0.1, -0.05) is 0 Å². The van der Waals surface area contributed by atoms with E-state index in [0.717, 1.165) is 11.1 Å². The topological polar surface area (TPSA) is 104 Å². The first-order chi connectivity index (χ1) is 12.8. The molecule has 0 aliphatic rings. The molecule has 0 saturated carbocycles. The van der Waals surface area contributed by atoms with Crippen LogP contribution in [0.2, 0.25) is 0 Å². The summed E-state index contributed by atoms with van der Waals surface area (Å²) in [5.74, 6) is 0.294. The van der Waals surface area contributed by atoms with Gasteiger partial charge in [-0.15, -0.1) is 0 Å². The molecule has 0 atom stereocenters. The monoisotopic (exact) mass is 344 g/mol. The van der Waals surface area contributed by atoms with Gasteiger partial charge in [-0.25, -0.2) is 4.98 Å². The molecule has 1 amide bonds. The summed E-state index contributed by atoms with van der Waals surface area (Å²) >= 11 is 0. The zero-order valence-electron chi connectivity index (χ0n) is 13.9. The quantitative estimate of drug-likeness (QED) is 0.665. The SMILES string of the molecule is N#Cc1cc(-c2ccncc2)cnc1NCCNC(=O)c1cccnc1. The van der Waals surface area contributed by atoms with E-state index in [1.54, 1.807) is 43.0 Å². The molecular weight excluding hydrogens is 328 g/mol. The van der Waals surface area contributed by atoms with Gasteiger partial charge in [0.2, 0.25) is 0 Å². The van der Waals surface area contributed by atoms with E-state index in [2.05, 4.69) is 31.7 Å². The Bertz CT molecular complexity index is 922. The maximum Gasteiger partial charge on any atom is 0.252 e. The Morgan fingerprint density at radius 3 is 2.62 bits per heavy atom. The van der Waals surface area contributed by atoms with Crippen LogP contribution in [0.5, 0.6) is 0 Å². The molecule has 0 fully saturated rings. The van der Waals surface area contributed by atoms with Gasteiger partial charge in [-0.3, -0.25) is 14.8 Å². The molecular formula is C19H16N6O. The summed E-state index contributed by atoms with van der Waals surface area (Å²) in [4.78, 5) is 24.1. The summed E-state index contributed by atoms with van der Waals surface area (Å²) in [5.41, 5.74) is 2.74. The molecule has 3 heterocycles. The van der Waals surface area contributed by atoms with Crippen LogP contribution in [0.3, 0.4) is 0 Å². The zero-order valence-corrected chi connectivity index (χ0v) is 13.9. The molecule has 0 aromatic carbocycles. The van der Waals surface area contributed by atoms with E-state index in [0.29, 0.717) is 30.0 Å². The van der Waals surface area contributed by atoms with Crippen LogP contribution < -0.4 is 10.6 Å². The third kappa shape index (κ3) is 4.19. The average molecular weight is 344 g/mol. The number of carbonyl (C=O) groups excluding carboxylic acids is 1. The van der Waals surface area contributed by atoms with Gasteiger partial charge in [0.05, 0.1) is 11.1 Å².